The molecule has 1 saturated heterocycles. The van der Waals surface area contributed by atoms with Crippen LogP contribution in [0, 0.1) is 0 Å². The number of nitrogens with one attached hydrogen (secondary N) is 1. The molecule has 1 fully saturated rings. The summed E-state index contributed by atoms with van der Waals surface area (Å²) in [6, 6.07) is 4.60. The highest BCUT2D eigenvalue weighted by atomic mass is 35.5. The molecule has 0 aliphatic carbocycles. The molecule has 0 amide bonds. The van der Waals surface area contributed by atoms with Crippen molar-refractivity contribution in [3.8, 4) is 5.88 Å². The Morgan fingerprint density at radius 2 is 2.00 bits per heavy atom. The van der Waals surface area contributed by atoms with Crippen molar-refractivity contribution < 1.29 is 4.74 Å². The van der Waals surface area contributed by atoms with Gasteiger partial charge < -0.3 is 10.1 Å². The van der Waals surface area contributed by atoms with Gasteiger partial charge in [-0.3, -0.25) is 4.90 Å². The fourth-order valence-electron chi connectivity index (χ4n) is 2.54. The second kappa shape index (κ2) is 10.2. The molecule has 1 aromatic rings. The summed E-state index contributed by atoms with van der Waals surface area (Å²) >= 11 is 0. The average molecular weight is 322 g/mol. The lowest BCUT2D eigenvalue weighted by Gasteiger charge is -2.35. The summed E-state index contributed by atoms with van der Waals surface area (Å²) in [6.07, 6.45) is 4.34. The molecule has 0 saturated carbocycles. The fourth-order valence-corrected chi connectivity index (χ4v) is 2.54. The molecule has 1 N–H and O–H groups in total. The molecule has 0 unspecified atom stereocenters. The Balaban J connectivity index is 0.00000180. The number of piperazine rings is 1. The van der Waals surface area contributed by atoms with Gasteiger partial charge in [-0.25, -0.2) is 4.98 Å². The molecule has 20 heavy (non-hydrogen) atoms. The highest BCUT2D eigenvalue weighted by Crippen LogP contribution is 2.26. The predicted octanol–water partition coefficient (Wildman–Crippen LogP) is 2.68. The highest BCUT2D eigenvalue weighted by molar-refractivity contribution is 5.85. The van der Waals surface area contributed by atoms with Crippen molar-refractivity contribution in [2.45, 2.75) is 25.8 Å². The Hall–Kier alpha value is -0.550. The van der Waals surface area contributed by atoms with E-state index in [9.17, 15) is 0 Å². The SMILES string of the molecule is CCC[C@@H](c1ccc(OC)nc1)N1CCNCC1.Cl.Cl. The summed E-state index contributed by atoms with van der Waals surface area (Å²) in [6.45, 7) is 6.66. The number of methoxy groups -OCH3 is 1. The van der Waals surface area contributed by atoms with Crippen LogP contribution in [-0.4, -0.2) is 43.2 Å². The lowest BCUT2D eigenvalue weighted by Crippen LogP contribution is -2.45. The van der Waals surface area contributed by atoms with E-state index >= 15 is 0 Å². The zero-order valence-corrected chi connectivity index (χ0v) is 13.8. The van der Waals surface area contributed by atoms with Crippen molar-refractivity contribution in [3.63, 3.8) is 0 Å². The fraction of sp³-hybridized carbons (Fsp3) is 0.643. The lowest BCUT2D eigenvalue weighted by atomic mass is 10.0. The monoisotopic (exact) mass is 321 g/mol. The quantitative estimate of drug-likeness (QED) is 0.904. The molecular weight excluding hydrogens is 297 g/mol. The van der Waals surface area contributed by atoms with E-state index in [0.29, 0.717) is 11.9 Å². The molecule has 1 aromatic heterocycles. The molecule has 0 bridgehead atoms. The third-order valence-electron chi connectivity index (χ3n) is 3.51. The topological polar surface area (TPSA) is 37.4 Å². The first-order chi connectivity index (χ1) is 8.85. The van der Waals surface area contributed by atoms with E-state index in [0.717, 1.165) is 26.2 Å². The number of hydrogen-bond donors (Lipinski definition) is 1. The van der Waals surface area contributed by atoms with Gasteiger partial charge in [-0.2, -0.15) is 0 Å². The molecule has 0 radical (unpaired) electrons. The van der Waals surface area contributed by atoms with Crippen molar-refractivity contribution >= 4 is 24.8 Å². The van der Waals surface area contributed by atoms with E-state index in [2.05, 4.69) is 28.2 Å². The second-order valence-corrected chi connectivity index (χ2v) is 4.72. The van der Waals surface area contributed by atoms with Crippen LogP contribution in [-0.2, 0) is 0 Å². The van der Waals surface area contributed by atoms with Crippen LogP contribution in [0.15, 0.2) is 18.3 Å². The van der Waals surface area contributed by atoms with E-state index in [1.807, 2.05) is 12.3 Å². The van der Waals surface area contributed by atoms with Gasteiger partial charge in [0.25, 0.3) is 0 Å². The Morgan fingerprint density at radius 3 is 2.50 bits per heavy atom. The third kappa shape index (κ3) is 5.09. The highest BCUT2D eigenvalue weighted by Gasteiger charge is 2.21. The number of rotatable bonds is 5. The van der Waals surface area contributed by atoms with Crippen LogP contribution in [0.3, 0.4) is 0 Å². The number of hydrogen-bond acceptors (Lipinski definition) is 4. The molecule has 1 aliphatic heterocycles. The van der Waals surface area contributed by atoms with Crippen LogP contribution < -0.4 is 10.1 Å². The summed E-state index contributed by atoms with van der Waals surface area (Å²) in [7, 11) is 1.65. The Bertz CT molecular complexity index is 356. The summed E-state index contributed by atoms with van der Waals surface area (Å²) in [5.41, 5.74) is 1.31. The van der Waals surface area contributed by atoms with Gasteiger partial charge in [-0.05, 0) is 12.0 Å². The molecule has 1 aliphatic rings. The first-order valence-corrected chi connectivity index (χ1v) is 6.80. The first kappa shape index (κ1) is 19.4. The number of pyridine rings is 1. The van der Waals surface area contributed by atoms with Gasteiger partial charge in [-0.15, -0.1) is 24.8 Å². The van der Waals surface area contributed by atoms with Gasteiger partial charge >= 0.3 is 0 Å². The molecule has 6 heteroatoms. The maximum Gasteiger partial charge on any atom is 0.212 e. The van der Waals surface area contributed by atoms with Gasteiger partial charge in [0.2, 0.25) is 5.88 Å². The van der Waals surface area contributed by atoms with E-state index in [4.69, 9.17) is 4.74 Å². The van der Waals surface area contributed by atoms with Crippen molar-refractivity contribution in [2.24, 2.45) is 0 Å². The maximum absolute atomic E-state index is 5.12. The van der Waals surface area contributed by atoms with Crippen molar-refractivity contribution in [1.29, 1.82) is 0 Å². The number of nitrogens with zero attached hydrogens (tertiary/aromatic N) is 2. The molecule has 2 rings (SSSR count). The molecule has 116 valence electrons. The van der Waals surface area contributed by atoms with Crippen molar-refractivity contribution in [1.82, 2.24) is 15.2 Å². The van der Waals surface area contributed by atoms with Crippen LogP contribution in [0.2, 0.25) is 0 Å². The smallest absolute Gasteiger partial charge is 0.212 e. The largest absolute Gasteiger partial charge is 0.481 e. The molecule has 4 nitrogen and oxygen atoms in total. The molecule has 0 aromatic carbocycles. The van der Waals surface area contributed by atoms with Crippen LogP contribution in [0.1, 0.15) is 31.4 Å². The minimum Gasteiger partial charge on any atom is -0.481 e. The maximum atomic E-state index is 5.12. The van der Waals surface area contributed by atoms with E-state index in [1.165, 1.54) is 18.4 Å². The number of ether oxygens (including phenoxy) is 1. The summed E-state index contributed by atoms with van der Waals surface area (Å²) in [5.74, 6) is 0.689. The van der Waals surface area contributed by atoms with Gasteiger partial charge in [0.15, 0.2) is 0 Å². The predicted molar refractivity (Wildman–Crippen MR) is 87.4 cm³/mol. The zero-order chi connectivity index (χ0) is 12.8. The van der Waals surface area contributed by atoms with Crippen LogP contribution in [0.4, 0.5) is 0 Å². The van der Waals surface area contributed by atoms with Gasteiger partial charge in [0.1, 0.15) is 0 Å². The van der Waals surface area contributed by atoms with Crippen LogP contribution in [0.25, 0.3) is 0 Å². The van der Waals surface area contributed by atoms with E-state index in [-0.39, 0.29) is 24.8 Å². The minimum absolute atomic E-state index is 0. The second-order valence-electron chi connectivity index (χ2n) is 4.72. The number of halogens is 2. The zero-order valence-electron chi connectivity index (χ0n) is 12.2. The first-order valence-electron chi connectivity index (χ1n) is 6.80. The molecule has 1 atom stereocenters. The summed E-state index contributed by atoms with van der Waals surface area (Å²) in [4.78, 5) is 6.89. The van der Waals surface area contributed by atoms with E-state index < -0.39 is 0 Å². The van der Waals surface area contributed by atoms with Crippen LogP contribution >= 0.6 is 24.8 Å². The molecule has 0 spiro atoms. The van der Waals surface area contributed by atoms with Gasteiger partial charge in [-0.1, -0.05) is 19.4 Å². The Morgan fingerprint density at radius 1 is 1.30 bits per heavy atom. The normalized spacial score (nSPS) is 16.7. The lowest BCUT2D eigenvalue weighted by molar-refractivity contribution is 0.164. The van der Waals surface area contributed by atoms with Crippen molar-refractivity contribution in [3.05, 3.63) is 23.9 Å². The van der Waals surface area contributed by atoms with E-state index in [1.54, 1.807) is 7.11 Å². The van der Waals surface area contributed by atoms with Gasteiger partial charge in [0, 0.05) is 44.5 Å². The third-order valence-corrected chi connectivity index (χ3v) is 3.51. The Kier molecular flexibility index (Phi) is 9.94. The average Bonchev–Trinajstić information content (AvgIpc) is 2.46. The summed E-state index contributed by atoms with van der Waals surface area (Å²) < 4.78 is 5.12. The standard InChI is InChI=1S/C14H23N3O.2ClH/c1-3-4-13(17-9-7-15-8-10-17)12-5-6-14(18-2)16-11-12;;/h5-6,11,13,15H,3-4,7-10H2,1-2H3;2*1H/t13-;;/m0../s1. The van der Waals surface area contributed by atoms with Crippen LogP contribution in [0.5, 0.6) is 5.88 Å². The molecule has 2 heterocycles. The van der Waals surface area contributed by atoms with Gasteiger partial charge in [0.05, 0.1) is 7.11 Å². The number of aromatic nitrogens is 1. The Labute approximate surface area is 134 Å². The molecular formula is C14H25Cl2N3O. The summed E-state index contributed by atoms with van der Waals surface area (Å²) in [5, 5.41) is 3.40. The minimum atomic E-state index is 0. The van der Waals surface area contributed by atoms with Crippen molar-refractivity contribution in [2.75, 3.05) is 33.3 Å².